The van der Waals surface area contributed by atoms with Gasteiger partial charge in [0.15, 0.2) is 0 Å². The van der Waals surface area contributed by atoms with Crippen molar-refractivity contribution in [2.24, 2.45) is 5.92 Å². The number of hydrogen-bond acceptors (Lipinski definition) is 6. The molecule has 1 saturated carbocycles. The van der Waals surface area contributed by atoms with Crippen LogP contribution in [0.25, 0.3) is 6.08 Å². The van der Waals surface area contributed by atoms with E-state index >= 15 is 0 Å². The molecular weight excluding hydrogens is 396 g/mol. The first-order valence-electron chi connectivity index (χ1n) is 9.39. The molecule has 7 nitrogen and oxygen atoms in total. The summed E-state index contributed by atoms with van der Waals surface area (Å²) in [6.45, 7) is 0.673. The molecule has 2 fully saturated rings. The minimum absolute atomic E-state index is 0.102. The third kappa shape index (κ3) is 4.65. The van der Waals surface area contributed by atoms with E-state index < -0.39 is 10.0 Å². The molecule has 0 unspecified atom stereocenters. The highest BCUT2D eigenvalue weighted by Crippen LogP contribution is 2.42. The van der Waals surface area contributed by atoms with E-state index in [1.165, 1.54) is 21.1 Å². The number of sulfonamides is 1. The molecular formula is C19H22N4O3S2. The molecule has 4 rings (SSSR count). The summed E-state index contributed by atoms with van der Waals surface area (Å²) in [4.78, 5) is 12.5. The standard InChI is InChI=1S/C19H22N4O3S2/c24-17(20-19-22-21-18(27-19)16-6-7-16)15-8-11-23(12-9-15)28(25,26)13-10-14-4-2-1-3-5-14/h1-5,10,13,15-16H,6-9,11-12H2,(H,20,22,24)/b13-10+. The van der Waals surface area contributed by atoms with E-state index in [1.807, 2.05) is 30.3 Å². The van der Waals surface area contributed by atoms with Crippen molar-refractivity contribution in [1.29, 1.82) is 0 Å². The molecule has 0 radical (unpaired) electrons. The van der Waals surface area contributed by atoms with Crippen molar-refractivity contribution >= 4 is 38.5 Å². The third-order valence-electron chi connectivity index (χ3n) is 5.01. The smallest absolute Gasteiger partial charge is 0.236 e. The molecule has 0 atom stereocenters. The molecule has 1 aliphatic carbocycles. The number of aromatic nitrogens is 2. The van der Waals surface area contributed by atoms with E-state index in [-0.39, 0.29) is 11.8 Å². The number of piperidine rings is 1. The van der Waals surface area contributed by atoms with Crippen molar-refractivity contribution < 1.29 is 13.2 Å². The molecule has 1 aromatic heterocycles. The van der Waals surface area contributed by atoms with Crippen LogP contribution >= 0.6 is 11.3 Å². The average Bonchev–Trinajstić information content (AvgIpc) is 3.47. The van der Waals surface area contributed by atoms with Gasteiger partial charge in [-0.2, -0.15) is 4.31 Å². The van der Waals surface area contributed by atoms with Gasteiger partial charge in [-0.05, 0) is 37.3 Å². The number of carbonyl (C=O) groups excluding carboxylic acids is 1. The molecule has 148 valence electrons. The Balaban J connectivity index is 1.30. The molecule has 2 aromatic rings. The van der Waals surface area contributed by atoms with Crippen LogP contribution in [-0.4, -0.2) is 41.9 Å². The number of carbonyl (C=O) groups is 1. The van der Waals surface area contributed by atoms with Gasteiger partial charge < -0.3 is 5.32 Å². The van der Waals surface area contributed by atoms with Gasteiger partial charge in [-0.3, -0.25) is 4.79 Å². The Kier molecular flexibility index (Phi) is 5.56. The van der Waals surface area contributed by atoms with E-state index in [9.17, 15) is 13.2 Å². The maximum Gasteiger partial charge on any atom is 0.236 e. The molecule has 9 heteroatoms. The number of rotatable bonds is 6. The fourth-order valence-corrected chi connectivity index (χ4v) is 5.31. The summed E-state index contributed by atoms with van der Waals surface area (Å²) in [5.74, 6) is 0.203. The summed E-state index contributed by atoms with van der Waals surface area (Å²) >= 11 is 1.44. The van der Waals surface area contributed by atoms with Crippen molar-refractivity contribution in [3.05, 3.63) is 46.3 Å². The second-order valence-corrected chi connectivity index (χ2v) is 9.97. The lowest BCUT2D eigenvalue weighted by Gasteiger charge is -2.29. The Morgan fingerprint density at radius 3 is 2.50 bits per heavy atom. The molecule has 0 spiro atoms. The van der Waals surface area contributed by atoms with Crippen LogP contribution in [-0.2, 0) is 14.8 Å². The van der Waals surface area contributed by atoms with E-state index in [1.54, 1.807) is 6.08 Å². The van der Waals surface area contributed by atoms with Crippen LogP contribution in [0.4, 0.5) is 5.13 Å². The largest absolute Gasteiger partial charge is 0.300 e. The number of amides is 1. The van der Waals surface area contributed by atoms with Gasteiger partial charge in [0.05, 0.1) is 0 Å². The van der Waals surface area contributed by atoms with Gasteiger partial charge in [-0.1, -0.05) is 41.7 Å². The molecule has 2 heterocycles. The van der Waals surface area contributed by atoms with Gasteiger partial charge in [-0.25, -0.2) is 8.42 Å². The number of hydrogen-bond donors (Lipinski definition) is 1. The highest BCUT2D eigenvalue weighted by atomic mass is 32.2. The van der Waals surface area contributed by atoms with E-state index in [2.05, 4.69) is 15.5 Å². The van der Waals surface area contributed by atoms with Crippen molar-refractivity contribution in [2.75, 3.05) is 18.4 Å². The normalized spacial score (nSPS) is 19.1. The summed E-state index contributed by atoms with van der Waals surface area (Å²) in [5, 5.41) is 13.8. The van der Waals surface area contributed by atoms with Crippen LogP contribution in [0.5, 0.6) is 0 Å². The zero-order chi connectivity index (χ0) is 19.6. The predicted octanol–water partition coefficient (Wildman–Crippen LogP) is 3.07. The van der Waals surface area contributed by atoms with Gasteiger partial charge in [-0.15, -0.1) is 10.2 Å². The highest BCUT2D eigenvalue weighted by molar-refractivity contribution is 7.92. The van der Waals surface area contributed by atoms with Crippen LogP contribution < -0.4 is 5.32 Å². The van der Waals surface area contributed by atoms with E-state index in [0.29, 0.717) is 37.0 Å². The second-order valence-electron chi connectivity index (χ2n) is 7.14. The first kappa shape index (κ1) is 19.2. The lowest BCUT2D eigenvalue weighted by molar-refractivity contribution is -0.120. The number of nitrogens with zero attached hydrogens (tertiary/aromatic N) is 3. The zero-order valence-electron chi connectivity index (χ0n) is 15.3. The van der Waals surface area contributed by atoms with Crippen LogP contribution in [0.2, 0.25) is 0 Å². The molecule has 1 amide bonds. The summed E-state index contributed by atoms with van der Waals surface area (Å²) in [7, 11) is -3.49. The van der Waals surface area contributed by atoms with Gasteiger partial charge >= 0.3 is 0 Å². The topological polar surface area (TPSA) is 92.3 Å². The van der Waals surface area contributed by atoms with Crippen LogP contribution in [0.3, 0.4) is 0 Å². The summed E-state index contributed by atoms with van der Waals surface area (Å²) in [6.07, 6.45) is 4.89. The Bertz CT molecular complexity index is 960. The summed E-state index contributed by atoms with van der Waals surface area (Å²) < 4.78 is 26.5. The molecule has 0 bridgehead atoms. The molecule has 1 aliphatic heterocycles. The second kappa shape index (κ2) is 8.10. The Labute approximate surface area is 168 Å². The maximum atomic E-state index is 12.5. The monoisotopic (exact) mass is 418 g/mol. The van der Waals surface area contributed by atoms with Crippen molar-refractivity contribution in [1.82, 2.24) is 14.5 Å². The summed E-state index contributed by atoms with van der Waals surface area (Å²) in [6, 6.07) is 9.32. The van der Waals surface area contributed by atoms with Crippen LogP contribution in [0.1, 0.15) is 42.2 Å². The van der Waals surface area contributed by atoms with Gasteiger partial charge in [0.1, 0.15) is 5.01 Å². The molecule has 28 heavy (non-hydrogen) atoms. The van der Waals surface area contributed by atoms with E-state index in [4.69, 9.17) is 0 Å². The molecule has 1 saturated heterocycles. The summed E-state index contributed by atoms with van der Waals surface area (Å²) in [5.41, 5.74) is 0.836. The SMILES string of the molecule is O=C(Nc1nnc(C2CC2)s1)C1CCN(S(=O)(=O)/C=C/c2ccccc2)CC1. The predicted molar refractivity (Wildman–Crippen MR) is 109 cm³/mol. The minimum Gasteiger partial charge on any atom is -0.300 e. The molecule has 1 aromatic carbocycles. The van der Waals surface area contributed by atoms with Gasteiger partial charge in [0, 0.05) is 30.3 Å². The number of benzene rings is 1. The first-order chi connectivity index (χ1) is 13.5. The fraction of sp³-hybridized carbons (Fsp3) is 0.421. The lowest BCUT2D eigenvalue weighted by atomic mass is 9.97. The maximum absolute atomic E-state index is 12.5. The van der Waals surface area contributed by atoms with Crippen LogP contribution in [0.15, 0.2) is 35.7 Å². The number of nitrogens with one attached hydrogen (secondary N) is 1. The fourth-order valence-electron chi connectivity index (χ4n) is 3.18. The molecule has 1 N–H and O–H groups in total. The highest BCUT2D eigenvalue weighted by Gasteiger charge is 2.31. The molecule has 2 aliphatic rings. The number of anilines is 1. The van der Waals surface area contributed by atoms with E-state index in [0.717, 1.165) is 23.4 Å². The Morgan fingerprint density at radius 1 is 1.11 bits per heavy atom. The van der Waals surface area contributed by atoms with Crippen molar-refractivity contribution in [2.45, 2.75) is 31.6 Å². The quantitative estimate of drug-likeness (QED) is 0.778. The van der Waals surface area contributed by atoms with Gasteiger partial charge in [0.25, 0.3) is 0 Å². The van der Waals surface area contributed by atoms with Gasteiger partial charge in [0.2, 0.25) is 21.1 Å². The average molecular weight is 419 g/mol. The minimum atomic E-state index is -3.49. The third-order valence-corrected chi connectivity index (χ3v) is 7.58. The Morgan fingerprint density at radius 2 is 1.82 bits per heavy atom. The van der Waals surface area contributed by atoms with Crippen molar-refractivity contribution in [3.8, 4) is 0 Å². The lowest BCUT2D eigenvalue weighted by Crippen LogP contribution is -2.40. The first-order valence-corrected chi connectivity index (χ1v) is 11.7. The van der Waals surface area contributed by atoms with Crippen LogP contribution in [0, 0.1) is 5.92 Å². The Hall–Kier alpha value is -2.10. The zero-order valence-corrected chi connectivity index (χ0v) is 17.0. The van der Waals surface area contributed by atoms with Crippen molar-refractivity contribution in [3.63, 3.8) is 0 Å².